The lowest BCUT2D eigenvalue weighted by molar-refractivity contribution is 0.101. The Bertz CT molecular complexity index is 974. The molecule has 0 radical (unpaired) electrons. The predicted molar refractivity (Wildman–Crippen MR) is 115 cm³/mol. The molecule has 0 saturated heterocycles. The minimum Gasteiger partial charge on any atom is -0.508 e. The Labute approximate surface area is 170 Å². The molecular formula is C21H21Br2NO2. The number of carbonyl (C=O) groups is 1. The zero-order chi connectivity index (χ0) is 19.0. The number of phenolic OH excluding ortho intramolecular Hbond substituents is 1. The van der Waals surface area contributed by atoms with E-state index in [1.165, 1.54) is 5.56 Å². The first-order valence-electron chi connectivity index (χ1n) is 8.49. The molecule has 0 spiro atoms. The minimum atomic E-state index is 0.00942. The number of phenols is 1. The molecule has 0 bridgehead atoms. The fraction of sp³-hybridized carbons (Fsp3) is 0.286. The van der Waals surface area contributed by atoms with E-state index < -0.39 is 0 Å². The summed E-state index contributed by atoms with van der Waals surface area (Å²) in [6.45, 7) is 5.61. The van der Waals surface area contributed by atoms with Gasteiger partial charge in [-0.25, -0.2) is 0 Å². The van der Waals surface area contributed by atoms with Crippen molar-refractivity contribution in [2.75, 3.05) is 5.33 Å². The summed E-state index contributed by atoms with van der Waals surface area (Å²) in [7, 11) is 0. The van der Waals surface area contributed by atoms with Crippen molar-refractivity contribution in [3.63, 3.8) is 0 Å². The van der Waals surface area contributed by atoms with Crippen LogP contribution in [0.3, 0.4) is 0 Å². The monoisotopic (exact) mass is 477 g/mol. The van der Waals surface area contributed by atoms with Gasteiger partial charge in [-0.2, -0.15) is 0 Å². The maximum atomic E-state index is 12.5. The second kappa shape index (κ2) is 7.57. The predicted octanol–water partition coefficient (Wildman–Crippen LogP) is 5.86. The Morgan fingerprint density at radius 1 is 1.15 bits per heavy atom. The number of nitrogens with zero attached hydrogens (tertiary/aromatic N) is 1. The number of aromatic hydroxyl groups is 1. The number of benzene rings is 2. The quantitative estimate of drug-likeness (QED) is 0.368. The summed E-state index contributed by atoms with van der Waals surface area (Å²) in [5.74, 6) is 0.238. The molecule has 3 nitrogen and oxygen atoms in total. The van der Waals surface area contributed by atoms with Crippen molar-refractivity contribution in [2.24, 2.45) is 0 Å². The molecule has 1 atom stereocenters. The number of hydrogen-bond donors (Lipinski definition) is 1. The van der Waals surface area contributed by atoms with Gasteiger partial charge in [-0.1, -0.05) is 49.6 Å². The summed E-state index contributed by atoms with van der Waals surface area (Å²) in [6, 6.07) is 11.9. The molecular weight excluding hydrogens is 458 g/mol. The number of Topliss-reactive ketones (excluding diaryl/α,β-unsaturated/α-hetero) is 1. The molecule has 3 aromatic rings. The van der Waals surface area contributed by atoms with Crippen LogP contribution in [-0.4, -0.2) is 25.6 Å². The average Bonchev–Trinajstić information content (AvgIpc) is 2.90. The summed E-state index contributed by atoms with van der Waals surface area (Å²) in [5.41, 5.74) is 5.53. The van der Waals surface area contributed by atoms with Crippen molar-refractivity contribution in [1.29, 1.82) is 0 Å². The van der Waals surface area contributed by atoms with Crippen molar-refractivity contribution < 1.29 is 9.90 Å². The van der Waals surface area contributed by atoms with Gasteiger partial charge >= 0.3 is 0 Å². The molecule has 0 aliphatic rings. The number of aromatic nitrogens is 1. The molecule has 26 heavy (non-hydrogen) atoms. The molecule has 5 heteroatoms. The number of hydrogen-bond acceptors (Lipinski definition) is 2. The fourth-order valence-electron chi connectivity index (χ4n) is 3.50. The van der Waals surface area contributed by atoms with E-state index in [-0.39, 0.29) is 16.4 Å². The first-order chi connectivity index (χ1) is 12.3. The van der Waals surface area contributed by atoms with Gasteiger partial charge in [0.25, 0.3) is 0 Å². The second-order valence-corrected chi connectivity index (χ2v) is 8.54. The highest BCUT2D eigenvalue weighted by molar-refractivity contribution is 9.12. The SMILES string of the molecule is CC(=O)c1c(C)n(-c2ccc(C)cc2)c2ccc(O)c(C[C@@H](Br)CBr)c12. The number of alkyl halides is 2. The highest BCUT2D eigenvalue weighted by Crippen LogP contribution is 2.37. The molecule has 0 amide bonds. The molecule has 1 N–H and O–H groups in total. The average molecular weight is 479 g/mol. The zero-order valence-electron chi connectivity index (χ0n) is 15.0. The third-order valence-electron chi connectivity index (χ3n) is 4.69. The second-order valence-electron chi connectivity index (χ2n) is 6.60. The van der Waals surface area contributed by atoms with E-state index >= 15 is 0 Å². The van der Waals surface area contributed by atoms with E-state index in [2.05, 4.69) is 67.6 Å². The summed E-state index contributed by atoms with van der Waals surface area (Å²) in [5, 5.41) is 12.1. The van der Waals surface area contributed by atoms with Crippen LogP contribution in [0.5, 0.6) is 5.75 Å². The lowest BCUT2D eigenvalue weighted by Gasteiger charge is -2.12. The Hall–Kier alpha value is -1.59. The first-order valence-corrected chi connectivity index (χ1v) is 10.5. The van der Waals surface area contributed by atoms with Gasteiger partial charge in [-0.05, 0) is 51.5 Å². The van der Waals surface area contributed by atoms with Crippen molar-refractivity contribution in [2.45, 2.75) is 32.0 Å². The van der Waals surface area contributed by atoms with Crippen LogP contribution in [0.2, 0.25) is 0 Å². The Balaban J connectivity index is 2.38. The fourth-order valence-corrected chi connectivity index (χ4v) is 4.06. The number of ketones is 1. The van der Waals surface area contributed by atoms with Gasteiger partial charge in [0.1, 0.15) is 5.75 Å². The molecule has 1 aromatic heterocycles. The molecule has 0 fully saturated rings. The van der Waals surface area contributed by atoms with E-state index in [9.17, 15) is 9.90 Å². The Kier molecular flexibility index (Phi) is 5.58. The van der Waals surface area contributed by atoms with Crippen LogP contribution < -0.4 is 0 Å². The smallest absolute Gasteiger partial charge is 0.162 e. The molecule has 2 aromatic carbocycles. The Morgan fingerprint density at radius 3 is 2.38 bits per heavy atom. The van der Waals surface area contributed by atoms with Gasteiger partial charge in [0.15, 0.2) is 5.78 Å². The minimum absolute atomic E-state index is 0.00942. The number of carbonyl (C=O) groups excluding carboxylic acids is 1. The standard InChI is InChI=1S/C21H21Br2NO2/c1-12-4-6-16(7-5-12)24-13(2)20(14(3)25)21-17(10-15(23)11-22)19(26)9-8-18(21)24/h4-9,15,26H,10-11H2,1-3H3/t15-/m1/s1. The highest BCUT2D eigenvalue weighted by Gasteiger charge is 2.23. The molecule has 3 rings (SSSR count). The summed E-state index contributed by atoms with van der Waals surface area (Å²) >= 11 is 7.09. The topological polar surface area (TPSA) is 42.2 Å². The lowest BCUT2D eigenvalue weighted by atomic mass is 9.98. The molecule has 0 aliphatic heterocycles. The van der Waals surface area contributed by atoms with E-state index in [1.54, 1.807) is 13.0 Å². The van der Waals surface area contributed by atoms with E-state index in [0.717, 1.165) is 33.2 Å². The third kappa shape index (κ3) is 3.35. The van der Waals surface area contributed by atoms with Gasteiger partial charge in [0.05, 0.1) is 5.52 Å². The molecule has 0 aliphatic carbocycles. The third-order valence-corrected chi connectivity index (χ3v) is 6.99. The molecule has 0 unspecified atom stereocenters. The van der Waals surface area contributed by atoms with Crippen LogP contribution >= 0.6 is 31.9 Å². The maximum Gasteiger partial charge on any atom is 0.162 e. The summed E-state index contributed by atoms with van der Waals surface area (Å²) in [6.07, 6.45) is 0.631. The number of aryl methyl sites for hydroxylation is 1. The largest absolute Gasteiger partial charge is 0.508 e. The van der Waals surface area contributed by atoms with E-state index in [0.29, 0.717) is 12.0 Å². The summed E-state index contributed by atoms with van der Waals surface area (Å²) in [4.78, 5) is 12.7. The zero-order valence-corrected chi connectivity index (χ0v) is 18.2. The van der Waals surface area contributed by atoms with Gasteiger partial charge in [0.2, 0.25) is 0 Å². The molecule has 1 heterocycles. The van der Waals surface area contributed by atoms with Crippen LogP contribution in [0.25, 0.3) is 16.6 Å². The van der Waals surface area contributed by atoms with E-state index in [4.69, 9.17) is 0 Å². The normalized spacial score (nSPS) is 12.5. The van der Waals surface area contributed by atoms with E-state index in [1.807, 2.05) is 13.0 Å². The molecule has 0 saturated carbocycles. The first kappa shape index (κ1) is 19.2. The van der Waals surface area contributed by atoms with Crippen LogP contribution in [0, 0.1) is 13.8 Å². The van der Waals surface area contributed by atoms with Crippen LogP contribution in [0.4, 0.5) is 0 Å². The maximum absolute atomic E-state index is 12.5. The van der Waals surface area contributed by atoms with Crippen molar-refractivity contribution in [3.8, 4) is 11.4 Å². The highest BCUT2D eigenvalue weighted by atomic mass is 79.9. The van der Waals surface area contributed by atoms with Gasteiger partial charge in [0, 0.05) is 38.1 Å². The van der Waals surface area contributed by atoms with Crippen molar-refractivity contribution in [3.05, 3.63) is 58.8 Å². The number of rotatable bonds is 5. The summed E-state index contributed by atoms with van der Waals surface area (Å²) < 4.78 is 2.10. The Morgan fingerprint density at radius 2 is 1.81 bits per heavy atom. The van der Waals surface area contributed by atoms with Gasteiger partial charge in [-0.15, -0.1) is 0 Å². The molecule has 136 valence electrons. The van der Waals surface area contributed by atoms with Crippen LogP contribution in [-0.2, 0) is 6.42 Å². The number of fused-ring (bicyclic) bond motifs is 1. The van der Waals surface area contributed by atoms with Gasteiger partial charge in [-0.3, -0.25) is 4.79 Å². The lowest BCUT2D eigenvalue weighted by Crippen LogP contribution is -2.05. The van der Waals surface area contributed by atoms with Crippen LogP contribution in [0.15, 0.2) is 36.4 Å². The van der Waals surface area contributed by atoms with Crippen LogP contribution in [0.1, 0.15) is 34.1 Å². The van der Waals surface area contributed by atoms with Crippen molar-refractivity contribution in [1.82, 2.24) is 4.57 Å². The number of halogens is 2. The van der Waals surface area contributed by atoms with Crippen molar-refractivity contribution >= 4 is 48.5 Å². The van der Waals surface area contributed by atoms with Gasteiger partial charge < -0.3 is 9.67 Å².